The second kappa shape index (κ2) is 14.8. The molecule has 0 amide bonds. The maximum atomic E-state index is 10.7. The zero-order valence-corrected chi connectivity index (χ0v) is 18.7. The monoisotopic (exact) mass is 486 g/mol. The first-order valence-electron chi connectivity index (χ1n) is 11.2. The topological polar surface area (TPSA) is 197 Å². The van der Waals surface area contributed by atoms with Crippen LogP contribution in [0, 0.1) is 0 Å². The number of ether oxygens (including phenoxy) is 6. The second-order valence-electron chi connectivity index (χ2n) is 7.91. The van der Waals surface area contributed by atoms with E-state index in [0.29, 0.717) is 6.61 Å². The molecule has 2 heterocycles. The van der Waals surface area contributed by atoms with Crippen LogP contribution in [0.2, 0.25) is 0 Å². The van der Waals surface area contributed by atoms with Gasteiger partial charge in [0.15, 0.2) is 12.6 Å². The molecule has 2 rings (SSSR count). The minimum atomic E-state index is -1.59. The highest BCUT2D eigenvalue weighted by atomic mass is 16.7. The zero-order chi connectivity index (χ0) is 24.4. The highest BCUT2D eigenvalue weighted by Crippen LogP contribution is 2.31. The van der Waals surface area contributed by atoms with Crippen molar-refractivity contribution in [1.82, 2.24) is 0 Å². The Balaban J connectivity index is 2.17. The van der Waals surface area contributed by atoms with Crippen molar-refractivity contribution in [2.24, 2.45) is 0 Å². The number of hydrogen-bond donors (Lipinski definition) is 7. The van der Waals surface area contributed by atoms with Gasteiger partial charge in [0.25, 0.3) is 0 Å². The fourth-order valence-electron chi connectivity index (χ4n) is 3.71. The van der Waals surface area contributed by atoms with Gasteiger partial charge < -0.3 is 64.2 Å². The molecule has 2 fully saturated rings. The zero-order valence-electron chi connectivity index (χ0n) is 18.7. The third-order valence-electron chi connectivity index (χ3n) is 5.48. The van der Waals surface area contributed by atoms with Gasteiger partial charge in [-0.3, -0.25) is 0 Å². The molecular formula is C20H38O13. The molecule has 0 aliphatic carbocycles. The van der Waals surface area contributed by atoms with Crippen LogP contribution in [0.1, 0.15) is 19.8 Å². The van der Waals surface area contributed by atoms with E-state index in [2.05, 4.69) is 0 Å². The Hall–Kier alpha value is -0.520. The maximum Gasteiger partial charge on any atom is 0.187 e. The Morgan fingerprint density at radius 2 is 1.39 bits per heavy atom. The minimum Gasteiger partial charge on any atom is -0.394 e. The first-order valence-corrected chi connectivity index (χ1v) is 11.2. The highest BCUT2D eigenvalue weighted by molar-refractivity contribution is 4.95. The summed E-state index contributed by atoms with van der Waals surface area (Å²) in [6.07, 6.45) is -11.6. The van der Waals surface area contributed by atoms with Crippen molar-refractivity contribution in [2.75, 3.05) is 46.2 Å². The Kier molecular flexibility index (Phi) is 12.9. The van der Waals surface area contributed by atoms with E-state index in [0.717, 1.165) is 12.8 Å². The van der Waals surface area contributed by atoms with Gasteiger partial charge in [0.2, 0.25) is 0 Å². The Labute approximate surface area is 192 Å². The molecule has 13 nitrogen and oxygen atoms in total. The van der Waals surface area contributed by atoms with Crippen LogP contribution in [0.5, 0.6) is 0 Å². The summed E-state index contributed by atoms with van der Waals surface area (Å²) in [6.45, 7) is 0.638. The third kappa shape index (κ3) is 7.73. The minimum absolute atomic E-state index is 0.0428. The molecule has 2 saturated heterocycles. The lowest BCUT2D eigenvalue weighted by Gasteiger charge is -2.47. The van der Waals surface area contributed by atoms with Crippen LogP contribution in [0.25, 0.3) is 0 Å². The van der Waals surface area contributed by atoms with Crippen molar-refractivity contribution in [2.45, 2.75) is 81.2 Å². The molecule has 0 radical (unpaired) electrons. The van der Waals surface area contributed by atoms with Gasteiger partial charge in [-0.25, -0.2) is 0 Å². The molecule has 0 bridgehead atoms. The number of unbranched alkanes of at least 4 members (excludes halogenated alkanes) is 1. The summed E-state index contributed by atoms with van der Waals surface area (Å²) < 4.78 is 33.1. The van der Waals surface area contributed by atoms with Crippen molar-refractivity contribution >= 4 is 0 Å². The number of aliphatic hydroxyl groups excluding tert-OH is 7. The normalized spacial score (nSPS) is 39.6. The summed E-state index contributed by atoms with van der Waals surface area (Å²) in [6, 6.07) is 0. The van der Waals surface area contributed by atoms with Crippen LogP contribution in [0.15, 0.2) is 0 Å². The van der Waals surface area contributed by atoms with Gasteiger partial charge in [-0.15, -0.1) is 0 Å². The van der Waals surface area contributed by atoms with Gasteiger partial charge in [-0.2, -0.15) is 0 Å². The lowest BCUT2D eigenvalue weighted by atomic mass is 9.96. The van der Waals surface area contributed by atoms with E-state index in [-0.39, 0.29) is 33.0 Å². The van der Waals surface area contributed by atoms with Gasteiger partial charge in [-0.05, 0) is 6.42 Å². The van der Waals surface area contributed by atoms with E-state index < -0.39 is 68.0 Å². The summed E-state index contributed by atoms with van der Waals surface area (Å²) in [5.41, 5.74) is 0. The van der Waals surface area contributed by atoms with Crippen molar-refractivity contribution in [3.05, 3.63) is 0 Å². The van der Waals surface area contributed by atoms with Gasteiger partial charge in [0.1, 0.15) is 48.8 Å². The Morgan fingerprint density at radius 3 is 2.00 bits per heavy atom. The fourth-order valence-corrected chi connectivity index (χ4v) is 3.71. The first-order chi connectivity index (χ1) is 15.9. The predicted octanol–water partition coefficient (Wildman–Crippen LogP) is -3.54. The van der Waals surface area contributed by atoms with Crippen LogP contribution in [-0.2, 0) is 28.4 Å². The number of aliphatic hydroxyl groups is 7. The average molecular weight is 487 g/mol. The second-order valence-corrected chi connectivity index (χ2v) is 7.91. The molecule has 4 unspecified atom stereocenters. The molecule has 0 aromatic heterocycles. The van der Waals surface area contributed by atoms with Crippen molar-refractivity contribution < 1.29 is 64.2 Å². The van der Waals surface area contributed by atoms with Crippen molar-refractivity contribution in [3.63, 3.8) is 0 Å². The van der Waals surface area contributed by atoms with Crippen LogP contribution in [-0.4, -0.2) is 143 Å². The van der Waals surface area contributed by atoms with Crippen LogP contribution < -0.4 is 0 Å². The molecule has 0 aromatic carbocycles. The van der Waals surface area contributed by atoms with Crippen LogP contribution in [0.3, 0.4) is 0 Å². The summed E-state index contributed by atoms with van der Waals surface area (Å²) in [5, 5.41) is 69.7. The van der Waals surface area contributed by atoms with Gasteiger partial charge in [-0.1, -0.05) is 13.3 Å². The molecule has 196 valence electrons. The smallest absolute Gasteiger partial charge is 0.187 e. The highest BCUT2D eigenvalue weighted by Gasteiger charge is 2.51. The number of hydrogen-bond acceptors (Lipinski definition) is 13. The molecule has 0 spiro atoms. The maximum absolute atomic E-state index is 10.7. The standard InChI is InChI=1S/C20H38O13/c1-2-3-6-28-10-12-13(24)14(25)18(30-8-5-22)20(32-12)33-16-11(9-23)31-19(27)17(15(16)26)29-7-4-21/h11-27H,2-10H2,1H3/t11-,12?,13+,14-,15?,16+,17?,18?,19-,20+/m0/s1. The fraction of sp³-hybridized carbons (Fsp3) is 1.00. The molecular weight excluding hydrogens is 448 g/mol. The van der Waals surface area contributed by atoms with Crippen molar-refractivity contribution in [3.8, 4) is 0 Å². The van der Waals surface area contributed by atoms with E-state index >= 15 is 0 Å². The van der Waals surface area contributed by atoms with E-state index in [9.17, 15) is 25.5 Å². The lowest BCUT2D eigenvalue weighted by Crippen LogP contribution is -2.65. The van der Waals surface area contributed by atoms with E-state index in [4.69, 9.17) is 38.6 Å². The van der Waals surface area contributed by atoms with Crippen LogP contribution >= 0.6 is 0 Å². The molecule has 13 heteroatoms. The summed E-state index contributed by atoms with van der Waals surface area (Å²) >= 11 is 0. The van der Waals surface area contributed by atoms with E-state index in [1.54, 1.807) is 0 Å². The van der Waals surface area contributed by atoms with Crippen LogP contribution in [0.4, 0.5) is 0 Å². The molecule has 33 heavy (non-hydrogen) atoms. The summed E-state index contributed by atoms with van der Waals surface area (Å²) in [7, 11) is 0. The first kappa shape index (κ1) is 28.7. The molecule has 2 aliphatic heterocycles. The third-order valence-corrected chi connectivity index (χ3v) is 5.48. The lowest BCUT2D eigenvalue weighted by molar-refractivity contribution is -0.363. The SMILES string of the molecule is CCCCOCC1O[C@H](O[C@H]2C(O)C(OCCO)[C@@H](O)O[C@H]2CO)C(OCCO)[C@@H](O)[C@@H]1O. The quantitative estimate of drug-likeness (QED) is 0.119. The molecule has 7 N–H and O–H groups in total. The molecule has 0 aromatic rings. The summed E-state index contributed by atoms with van der Waals surface area (Å²) in [5.74, 6) is 0. The summed E-state index contributed by atoms with van der Waals surface area (Å²) in [4.78, 5) is 0. The predicted molar refractivity (Wildman–Crippen MR) is 109 cm³/mol. The van der Waals surface area contributed by atoms with E-state index in [1.165, 1.54) is 0 Å². The van der Waals surface area contributed by atoms with Gasteiger partial charge >= 0.3 is 0 Å². The average Bonchev–Trinajstić information content (AvgIpc) is 2.80. The Morgan fingerprint density at radius 1 is 0.727 bits per heavy atom. The van der Waals surface area contributed by atoms with E-state index in [1.807, 2.05) is 6.92 Å². The molecule has 2 aliphatic rings. The van der Waals surface area contributed by atoms with Crippen molar-refractivity contribution in [1.29, 1.82) is 0 Å². The largest absolute Gasteiger partial charge is 0.394 e. The van der Waals surface area contributed by atoms with Gasteiger partial charge in [0.05, 0.1) is 39.6 Å². The molecule has 10 atom stereocenters. The molecule has 0 saturated carbocycles. The van der Waals surface area contributed by atoms with Gasteiger partial charge in [0, 0.05) is 6.61 Å². The Bertz CT molecular complexity index is 526. The number of rotatable bonds is 14.